The fraction of sp³-hybridized carbons (Fsp3) is 0.370. The summed E-state index contributed by atoms with van der Waals surface area (Å²) in [6, 6.07) is 13.9. The van der Waals surface area contributed by atoms with E-state index >= 15 is 0 Å². The molecule has 0 bridgehead atoms. The molecule has 2 aromatic rings. The van der Waals surface area contributed by atoms with E-state index in [1.54, 1.807) is 0 Å². The predicted molar refractivity (Wildman–Crippen MR) is 127 cm³/mol. The van der Waals surface area contributed by atoms with Gasteiger partial charge in [0.15, 0.2) is 5.78 Å². The summed E-state index contributed by atoms with van der Waals surface area (Å²) in [4.78, 5) is 17.2. The maximum Gasteiger partial charge on any atom is 0.182 e. The molecule has 0 saturated carbocycles. The quantitative estimate of drug-likeness (QED) is 0.611. The lowest BCUT2D eigenvalue weighted by Gasteiger charge is -2.28. The highest BCUT2D eigenvalue weighted by Crippen LogP contribution is 2.40. The van der Waals surface area contributed by atoms with E-state index in [4.69, 9.17) is 0 Å². The van der Waals surface area contributed by atoms with Crippen molar-refractivity contribution in [2.24, 2.45) is 0 Å². The molecule has 3 rings (SSSR count). The molecular formula is C27H34N2O2. The molecule has 4 nitrogen and oxygen atoms in total. The molecule has 164 valence electrons. The first-order valence-corrected chi connectivity index (χ1v) is 10.7. The molecule has 1 N–H and O–H groups in total. The summed E-state index contributed by atoms with van der Waals surface area (Å²) in [5.74, 6) is 1.07. The zero-order valence-electron chi connectivity index (χ0n) is 19.6. The van der Waals surface area contributed by atoms with Crippen LogP contribution in [0.4, 0.5) is 0 Å². The van der Waals surface area contributed by atoms with Gasteiger partial charge in [-0.25, -0.2) is 0 Å². The van der Waals surface area contributed by atoms with Crippen LogP contribution in [0.15, 0.2) is 67.3 Å². The number of rotatable bonds is 5. The van der Waals surface area contributed by atoms with Gasteiger partial charge < -0.3 is 14.9 Å². The second kappa shape index (κ2) is 8.26. The lowest BCUT2D eigenvalue weighted by Crippen LogP contribution is -2.27. The summed E-state index contributed by atoms with van der Waals surface area (Å²) < 4.78 is 0. The van der Waals surface area contributed by atoms with Gasteiger partial charge >= 0.3 is 0 Å². The van der Waals surface area contributed by atoms with Crippen LogP contribution >= 0.6 is 0 Å². The smallest absolute Gasteiger partial charge is 0.182 e. The normalized spacial score (nSPS) is 14.5. The van der Waals surface area contributed by atoms with E-state index in [1.165, 1.54) is 5.56 Å². The Bertz CT molecular complexity index is 973. The van der Waals surface area contributed by atoms with Crippen molar-refractivity contribution in [2.45, 2.75) is 58.9 Å². The first-order chi connectivity index (χ1) is 14.4. The lowest BCUT2D eigenvalue weighted by atomic mass is 9.78. The van der Waals surface area contributed by atoms with Gasteiger partial charge in [-0.3, -0.25) is 4.79 Å². The second-order valence-corrected chi connectivity index (χ2v) is 10.3. The SMILES string of the molecule is C=C1N(CC(=O)c2cc(C(C)(C)C)c(O)c(C(C)(C)C)c2)C=CN1Cc1ccccc1. The van der Waals surface area contributed by atoms with Crippen LogP contribution < -0.4 is 0 Å². The van der Waals surface area contributed by atoms with Crippen molar-refractivity contribution in [3.05, 3.63) is 89.5 Å². The number of carbonyl (C=O) groups excluding carboxylic acids is 1. The van der Waals surface area contributed by atoms with Gasteiger partial charge in [0.05, 0.1) is 6.54 Å². The molecule has 31 heavy (non-hydrogen) atoms. The van der Waals surface area contributed by atoms with Crippen molar-refractivity contribution in [1.29, 1.82) is 0 Å². The topological polar surface area (TPSA) is 43.8 Å². The van der Waals surface area contributed by atoms with Gasteiger partial charge in [0.25, 0.3) is 0 Å². The summed E-state index contributed by atoms with van der Waals surface area (Å²) in [6.07, 6.45) is 3.86. The molecule has 0 unspecified atom stereocenters. The first kappa shape index (κ1) is 22.7. The highest BCUT2D eigenvalue weighted by atomic mass is 16.3. The molecule has 2 aromatic carbocycles. The molecular weight excluding hydrogens is 384 g/mol. The Morgan fingerprint density at radius 3 is 1.94 bits per heavy atom. The molecule has 0 radical (unpaired) electrons. The van der Waals surface area contributed by atoms with E-state index in [-0.39, 0.29) is 28.9 Å². The number of phenolic OH excluding ortho intramolecular Hbond substituents is 1. The summed E-state index contributed by atoms with van der Waals surface area (Å²) in [7, 11) is 0. The molecule has 0 fully saturated rings. The van der Waals surface area contributed by atoms with Gasteiger partial charge in [0, 0.05) is 35.6 Å². The second-order valence-electron chi connectivity index (χ2n) is 10.3. The first-order valence-electron chi connectivity index (χ1n) is 10.7. The summed E-state index contributed by atoms with van der Waals surface area (Å²) in [5, 5.41) is 10.9. The Hall–Kier alpha value is -3.01. The van der Waals surface area contributed by atoms with Crippen molar-refractivity contribution in [3.8, 4) is 5.75 Å². The number of ketones is 1. The highest BCUT2D eigenvalue weighted by Gasteiger charge is 2.29. The number of aromatic hydroxyl groups is 1. The number of nitrogens with zero attached hydrogens (tertiary/aromatic N) is 2. The van der Waals surface area contributed by atoms with Crippen LogP contribution in [0.2, 0.25) is 0 Å². The zero-order valence-corrected chi connectivity index (χ0v) is 19.6. The van der Waals surface area contributed by atoms with E-state index in [0.29, 0.717) is 12.1 Å². The van der Waals surface area contributed by atoms with Crippen LogP contribution in [0.3, 0.4) is 0 Å². The van der Waals surface area contributed by atoms with Gasteiger partial charge in [-0.2, -0.15) is 0 Å². The maximum atomic E-state index is 13.3. The summed E-state index contributed by atoms with van der Waals surface area (Å²) >= 11 is 0. The fourth-order valence-electron chi connectivity index (χ4n) is 3.75. The third-order valence-corrected chi connectivity index (χ3v) is 5.65. The van der Waals surface area contributed by atoms with E-state index in [9.17, 15) is 9.90 Å². The molecule has 0 aromatic heterocycles. The Morgan fingerprint density at radius 1 is 0.903 bits per heavy atom. The minimum absolute atomic E-state index is 0.00311. The fourth-order valence-corrected chi connectivity index (χ4v) is 3.75. The molecule has 0 aliphatic carbocycles. The molecule has 4 heteroatoms. The van der Waals surface area contributed by atoms with E-state index in [2.05, 4.69) is 60.3 Å². The average molecular weight is 419 g/mol. The monoisotopic (exact) mass is 418 g/mol. The van der Waals surface area contributed by atoms with Crippen LogP contribution in [-0.2, 0) is 17.4 Å². The van der Waals surface area contributed by atoms with Crippen molar-refractivity contribution >= 4 is 5.78 Å². The Kier molecular flexibility index (Phi) is 6.04. The number of benzene rings is 2. The van der Waals surface area contributed by atoms with Crippen LogP contribution in [0.5, 0.6) is 5.75 Å². The summed E-state index contributed by atoms with van der Waals surface area (Å²) in [5.41, 5.74) is 2.85. The molecule has 0 spiro atoms. The molecule has 0 amide bonds. The number of phenols is 1. The van der Waals surface area contributed by atoms with Crippen molar-refractivity contribution < 1.29 is 9.90 Å². The largest absolute Gasteiger partial charge is 0.507 e. The number of hydrogen-bond acceptors (Lipinski definition) is 4. The van der Waals surface area contributed by atoms with Gasteiger partial charge in [0.1, 0.15) is 11.6 Å². The Morgan fingerprint density at radius 2 is 1.42 bits per heavy atom. The third-order valence-electron chi connectivity index (χ3n) is 5.65. The van der Waals surface area contributed by atoms with E-state index in [1.807, 2.05) is 52.5 Å². The summed E-state index contributed by atoms with van der Waals surface area (Å²) in [6.45, 7) is 17.4. The molecule has 1 aliphatic rings. The Balaban J connectivity index is 1.82. The van der Waals surface area contributed by atoms with Crippen LogP contribution in [-0.4, -0.2) is 27.2 Å². The highest BCUT2D eigenvalue weighted by molar-refractivity contribution is 5.98. The average Bonchev–Trinajstić information content (AvgIpc) is 3.00. The maximum absolute atomic E-state index is 13.3. The molecule has 1 heterocycles. The number of carbonyl (C=O) groups is 1. The number of Topliss-reactive ketones (excluding diaryl/α,β-unsaturated/α-hetero) is 1. The third kappa shape index (κ3) is 5.01. The van der Waals surface area contributed by atoms with E-state index < -0.39 is 0 Å². The molecule has 0 atom stereocenters. The van der Waals surface area contributed by atoms with Crippen LogP contribution in [0.1, 0.15) is 68.6 Å². The predicted octanol–water partition coefficient (Wildman–Crippen LogP) is 5.93. The van der Waals surface area contributed by atoms with Crippen LogP contribution in [0.25, 0.3) is 0 Å². The Labute approximate surface area is 186 Å². The standard InChI is InChI=1S/C27H34N2O2/c1-19-28(17-20-11-9-8-10-12-20)13-14-29(19)18-24(30)21-15-22(26(2,3)4)25(31)23(16-21)27(5,6)7/h8-16,31H,1,17-18H2,2-7H3. The van der Waals surface area contributed by atoms with E-state index in [0.717, 1.165) is 16.9 Å². The van der Waals surface area contributed by atoms with Crippen molar-refractivity contribution in [2.75, 3.05) is 6.54 Å². The van der Waals surface area contributed by atoms with Crippen molar-refractivity contribution in [3.63, 3.8) is 0 Å². The van der Waals surface area contributed by atoms with Gasteiger partial charge in [-0.15, -0.1) is 0 Å². The van der Waals surface area contributed by atoms with Gasteiger partial charge in [-0.1, -0.05) is 78.5 Å². The lowest BCUT2D eigenvalue weighted by molar-refractivity contribution is 0.0962. The van der Waals surface area contributed by atoms with Gasteiger partial charge in [0.2, 0.25) is 0 Å². The van der Waals surface area contributed by atoms with Crippen molar-refractivity contribution in [1.82, 2.24) is 9.80 Å². The minimum atomic E-state index is -0.274. The van der Waals surface area contributed by atoms with Gasteiger partial charge in [-0.05, 0) is 28.5 Å². The molecule has 0 saturated heterocycles. The molecule has 1 aliphatic heterocycles. The zero-order chi connectivity index (χ0) is 23.0. The number of hydrogen-bond donors (Lipinski definition) is 1. The minimum Gasteiger partial charge on any atom is -0.507 e. The van der Waals surface area contributed by atoms with Crippen LogP contribution in [0, 0.1) is 0 Å².